The molecule has 0 aromatic heterocycles. The number of nitrogens with two attached hydrogens (primary N) is 1. The van der Waals surface area contributed by atoms with E-state index in [9.17, 15) is 19.7 Å². The molecule has 84 valence electrons. The highest BCUT2D eigenvalue weighted by Gasteiger charge is 2.14. The van der Waals surface area contributed by atoms with Crippen molar-refractivity contribution in [1.82, 2.24) is 0 Å². The minimum absolute atomic E-state index is 0.148. The molecule has 0 atom stereocenters. The maximum atomic E-state index is 10.7. The first kappa shape index (κ1) is 11.6. The van der Waals surface area contributed by atoms with Crippen molar-refractivity contribution in [2.75, 3.05) is 11.9 Å². The molecule has 1 aromatic carbocycles. The van der Waals surface area contributed by atoms with Gasteiger partial charge in [0.15, 0.2) is 0 Å². The summed E-state index contributed by atoms with van der Waals surface area (Å²) in [6, 6.07) is 3.88. The SMILES string of the molecule is NC(=O)CNc1ccc(C=O)cc1[N+](=O)[O-]. The summed E-state index contributed by atoms with van der Waals surface area (Å²) in [6.45, 7) is -0.207. The van der Waals surface area contributed by atoms with E-state index in [1.165, 1.54) is 12.1 Å². The fourth-order valence-electron chi connectivity index (χ4n) is 1.10. The van der Waals surface area contributed by atoms with Gasteiger partial charge in [-0.15, -0.1) is 0 Å². The van der Waals surface area contributed by atoms with Crippen LogP contribution in [0.4, 0.5) is 11.4 Å². The van der Waals surface area contributed by atoms with Gasteiger partial charge in [0.25, 0.3) is 5.69 Å². The van der Waals surface area contributed by atoms with Gasteiger partial charge in [-0.2, -0.15) is 0 Å². The number of nitrogens with one attached hydrogen (secondary N) is 1. The fraction of sp³-hybridized carbons (Fsp3) is 0.111. The molecule has 3 N–H and O–H groups in total. The molecule has 7 nitrogen and oxygen atoms in total. The highest BCUT2D eigenvalue weighted by Crippen LogP contribution is 2.24. The van der Waals surface area contributed by atoms with Crippen LogP contribution in [0.5, 0.6) is 0 Å². The van der Waals surface area contributed by atoms with Gasteiger partial charge in [0.05, 0.1) is 11.5 Å². The lowest BCUT2D eigenvalue weighted by molar-refractivity contribution is -0.384. The van der Waals surface area contributed by atoms with Crippen LogP contribution < -0.4 is 11.1 Å². The zero-order valence-corrected chi connectivity index (χ0v) is 8.17. The Morgan fingerprint density at radius 2 is 2.25 bits per heavy atom. The maximum Gasteiger partial charge on any atom is 0.293 e. The lowest BCUT2D eigenvalue weighted by atomic mass is 10.2. The number of nitrogens with zero attached hydrogens (tertiary/aromatic N) is 1. The standard InChI is InChI=1S/C9H9N3O4/c10-9(14)4-11-7-2-1-6(5-13)3-8(7)12(15)16/h1-3,5,11H,4H2,(H2,10,14). The molecule has 0 saturated heterocycles. The molecule has 1 rings (SSSR count). The topological polar surface area (TPSA) is 115 Å². The molecule has 0 bridgehead atoms. The van der Waals surface area contributed by atoms with E-state index in [0.29, 0.717) is 6.29 Å². The van der Waals surface area contributed by atoms with Gasteiger partial charge in [-0.1, -0.05) is 0 Å². The van der Waals surface area contributed by atoms with Gasteiger partial charge in [0.1, 0.15) is 12.0 Å². The quantitative estimate of drug-likeness (QED) is 0.423. The summed E-state index contributed by atoms with van der Waals surface area (Å²) in [7, 11) is 0. The molecule has 1 aromatic rings. The van der Waals surface area contributed by atoms with Gasteiger partial charge in [-0.25, -0.2) is 0 Å². The second kappa shape index (κ2) is 4.87. The Kier molecular flexibility index (Phi) is 3.54. The molecule has 0 heterocycles. The zero-order valence-electron chi connectivity index (χ0n) is 8.17. The molecule has 0 aliphatic carbocycles. The van der Waals surface area contributed by atoms with Crippen LogP contribution in [0.15, 0.2) is 18.2 Å². The van der Waals surface area contributed by atoms with Crippen LogP contribution in [-0.2, 0) is 4.79 Å². The number of nitro benzene ring substituents is 1. The number of benzene rings is 1. The van der Waals surface area contributed by atoms with Crippen LogP contribution in [0.1, 0.15) is 10.4 Å². The van der Waals surface area contributed by atoms with Crippen molar-refractivity contribution in [3.63, 3.8) is 0 Å². The summed E-state index contributed by atoms with van der Waals surface area (Å²) < 4.78 is 0. The van der Waals surface area contributed by atoms with Crippen LogP contribution in [0.25, 0.3) is 0 Å². The van der Waals surface area contributed by atoms with E-state index in [1.807, 2.05) is 0 Å². The normalized spacial score (nSPS) is 9.50. The van der Waals surface area contributed by atoms with E-state index >= 15 is 0 Å². The molecule has 0 saturated carbocycles. The Labute approximate surface area is 90.4 Å². The van der Waals surface area contributed by atoms with E-state index in [1.54, 1.807) is 0 Å². The predicted molar refractivity (Wildman–Crippen MR) is 56.2 cm³/mol. The summed E-state index contributed by atoms with van der Waals surface area (Å²) in [4.78, 5) is 31.0. The average molecular weight is 223 g/mol. The fourth-order valence-corrected chi connectivity index (χ4v) is 1.10. The van der Waals surface area contributed by atoms with Crippen LogP contribution in [0.2, 0.25) is 0 Å². The monoisotopic (exact) mass is 223 g/mol. The van der Waals surface area contributed by atoms with Gasteiger partial charge >= 0.3 is 0 Å². The summed E-state index contributed by atoms with van der Waals surface area (Å²) in [6.07, 6.45) is 0.505. The molecule has 0 radical (unpaired) electrons. The second-order valence-electron chi connectivity index (χ2n) is 2.97. The third-order valence-electron chi connectivity index (χ3n) is 1.81. The first-order valence-electron chi connectivity index (χ1n) is 4.30. The zero-order chi connectivity index (χ0) is 12.1. The molecular formula is C9H9N3O4. The molecule has 7 heteroatoms. The molecule has 0 unspecified atom stereocenters. The highest BCUT2D eigenvalue weighted by molar-refractivity contribution is 5.82. The lowest BCUT2D eigenvalue weighted by Gasteiger charge is -2.04. The van der Waals surface area contributed by atoms with Gasteiger partial charge in [0.2, 0.25) is 5.91 Å². The Morgan fingerprint density at radius 3 is 2.75 bits per heavy atom. The molecule has 0 aliphatic heterocycles. The Bertz CT molecular complexity index is 444. The van der Waals surface area contributed by atoms with Crippen molar-refractivity contribution in [2.24, 2.45) is 5.73 Å². The van der Waals surface area contributed by atoms with Crippen molar-refractivity contribution in [1.29, 1.82) is 0 Å². The van der Waals surface area contributed by atoms with Gasteiger partial charge < -0.3 is 11.1 Å². The number of primary amides is 1. The predicted octanol–water partition coefficient (Wildman–Crippen LogP) is 0.304. The van der Waals surface area contributed by atoms with Crippen LogP contribution in [0, 0.1) is 10.1 Å². The number of carbonyl (C=O) groups is 2. The Morgan fingerprint density at radius 1 is 1.56 bits per heavy atom. The highest BCUT2D eigenvalue weighted by atomic mass is 16.6. The largest absolute Gasteiger partial charge is 0.371 e. The lowest BCUT2D eigenvalue weighted by Crippen LogP contribution is -2.22. The second-order valence-corrected chi connectivity index (χ2v) is 2.97. The summed E-state index contributed by atoms with van der Waals surface area (Å²) in [5.74, 6) is -0.631. The van der Waals surface area contributed by atoms with Crippen molar-refractivity contribution >= 4 is 23.6 Å². The number of nitro groups is 1. The minimum atomic E-state index is -0.643. The van der Waals surface area contributed by atoms with E-state index in [4.69, 9.17) is 5.73 Å². The maximum absolute atomic E-state index is 10.7. The first-order valence-corrected chi connectivity index (χ1v) is 4.30. The van der Waals surface area contributed by atoms with Crippen LogP contribution in [0.3, 0.4) is 0 Å². The number of hydrogen-bond acceptors (Lipinski definition) is 5. The minimum Gasteiger partial charge on any atom is -0.371 e. The Hall–Kier alpha value is -2.44. The summed E-state index contributed by atoms with van der Waals surface area (Å²) >= 11 is 0. The first-order chi connectivity index (χ1) is 7.54. The molecule has 0 spiro atoms. The molecule has 16 heavy (non-hydrogen) atoms. The average Bonchev–Trinajstić information content (AvgIpc) is 2.25. The number of anilines is 1. The van der Waals surface area contributed by atoms with Crippen molar-refractivity contribution < 1.29 is 14.5 Å². The Balaban J connectivity index is 3.03. The van der Waals surface area contributed by atoms with Crippen molar-refractivity contribution in [3.8, 4) is 0 Å². The summed E-state index contributed by atoms with van der Waals surface area (Å²) in [5, 5.41) is 13.2. The van der Waals surface area contributed by atoms with Crippen molar-refractivity contribution in [3.05, 3.63) is 33.9 Å². The smallest absolute Gasteiger partial charge is 0.293 e. The number of carbonyl (C=O) groups excluding carboxylic acids is 2. The van der Waals surface area contributed by atoms with Crippen LogP contribution in [-0.4, -0.2) is 23.7 Å². The number of aldehydes is 1. The van der Waals surface area contributed by atoms with E-state index < -0.39 is 10.8 Å². The number of amides is 1. The van der Waals surface area contributed by atoms with E-state index in [2.05, 4.69) is 5.32 Å². The molecule has 0 fully saturated rings. The molecule has 1 amide bonds. The van der Waals surface area contributed by atoms with E-state index in [-0.39, 0.29) is 23.5 Å². The van der Waals surface area contributed by atoms with E-state index in [0.717, 1.165) is 6.07 Å². The van der Waals surface area contributed by atoms with Crippen LogP contribution >= 0.6 is 0 Å². The molecular weight excluding hydrogens is 214 g/mol. The summed E-state index contributed by atoms with van der Waals surface area (Å²) in [5.41, 5.74) is 4.96. The van der Waals surface area contributed by atoms with Gasteiger partial charge in [-0.3, -0.25) is 19.7 Å². The van der Waals surface area contributed by atoms with Crippen molar-refractivity contribution in [2.45, 2.75) is 0 Å². The van der Waals surface area contributed by atoms with Gasteiger partial charge in [0, 0.05) is 11.6 Å². The number of hydrogen-bond donors (Lipinski definition) is 2. The van der Waals surface area contributed by atoms with Gasteiger partial charge in [-0.05, 0) is 12.1 Å². The third kappa shape index (κ3) is 2.77. The number of rotatable bonds is 5. The molecule has 0 aliphatic rings. The third-order valence-corrected chi connectivity index (χ3v) is 1.81.